The third-order valence-corrected chi connectivity index (χ3v) is 4.56. The first-order chi connectivity index (χ1) is 11.0. The van der Waals surface area contributed by atoms with Gasteiger partial charge in [-0.15, -0.1) is 0 Å². The Kier molecular flexibility index (Phi) is 5.64. The van der Waals surface area contributed by atoms with Crippen molar-refractivity contribution >= 4 is 23.3 Å². The summed E-state index contributed by atoms with van der Waals surface area (Å²) in [5.41, 5.74) is 2.48. The van der Waals surface area contributed by atoms with Crippen molar-refractivity contribution in [3.63, 3.8) is 0 Å². The number of nitrogens with zero attached hydrogens (tertiary/aromatic N) is 1. The van der Waals surface area contributed by atoms with E-state index in [0.29, 0.717) is 12.5 Å². The van der Waals surface area contributed by atoms with E-state index in [4.69, 9.17) is 0 Å². The summed E-state index contributed by atoms with van der Waals surface area (Å²) < 4.78 is 0. The number of benzene rings is 1. The Bertz CT molecular complexity index is 586. The summed E-state index contributed by atoms with van der Waals surface area (Å²) in [6.07, 6.45) is 3.57. The highest BCUT2D eigenvalue weighted by molar-refractivity contribution is 5.93. The van der Waals surface area contributed by atoms with Crippen molar-refractivity contribution in [1.29, 1.82) is 0 Å². The molecule has 2 atom stereocenters. The van der Waals surface area contributed by atoms with Crippen molar-refractivity contribution in [1.82, 2.24) is 4.90 Å². The average Bonchev–Trinajstić information content (AvgIpc) is 2.90. The number of likely N-dealkylation sites (tertiary alicyclic amines) is 1. The third kappa shape index (κ3) is 4.03. The minimum Gasteiger partial charge on any atom is -0.326 e. The Morgan fingerprint density at radius 3 is 2.57 bits per heavy atom. The van der Waals surface area contributed by atoms with Crippen LogP contribution < -0.4 is 10.6 Å². The van der Waals surface area contributed by atoms with Gasteiger partial charge in [0.05, 0.1) is 0 Å². The van der Waals surface area contributed by atoms with Gasteiger partial charge >= 0.3 is 6.03 Å². The molecule has 0 aromatic heterocycles. The maximum absolute atomic E-state index is 12.6. The maximum atomic E-state index is 12.6. The number of carbonyl (C=O) groups is 2. The molecule has 2 N–H and O–H groups in total. The summed E-state index contributed by atoms with van der Waals surface area (Å²) in [4.78, 5) is 26.0. The first-order valence-corrected chi connectivity index (χ1v) is 8.46. The zero-order valence-electron chi connectivity index (χ0n) is 14.5. The SMILES string of the molecule is CCC(=O)Nc1ccc(NC(=O)N2[C@@H](CC)CC[C@@H]2C)cc1C. The van der Waals surface area contributed by atoms with Crippen LogP contribution in [0.5, 0.6) is 0 Å². The summed E-state index contributed by atoms with van der Waals surface area (Å²) >= 11 is 0. The summed E-state index contributed by atoms with van der Waals surface area (Å²) in [6.45, 7) is 7.97. The number of aryl methyl sites for hydroxylation is 1. The Hall–Kier alpha value is -2.04. The predicted molar refractivity (Wildman–Crippen MR) is 93.7 cm³/mol. The molecule has 2 rings (SSSR count). The van der Waals surface area contributed by atoms with Crippen LogP contribution in [0.25, 0.3) is 0 Å². The maximum Gasteiger partial charge on any atom is 0.322 e. The van der Waals surface area contributed by atoms with Crippen LogP contribution in [0.4, 0.5) is 16.2 Å². The van der Waals surface area contributed by atoms with Gasteiger partial charge in [-0.1, -0.05) is 13.8 Å². The van der Waals surface area contributed by atoms with Gasteiger partial charge in [-0.05, 0) is 56.9 Å². The van der Waals surface area contributed by atoms with Gasteiger partial charge in [0, 0.05) is 29.9 Å². The molecule has 5 heteroatoms. The lowest BCUT2D eigenvalue weighted by Crippen LogP contribution is -2.42. The zero-order valence-corrected chi connectivity index (χ0v) is 14.5. The lowest BCUT2D eigenvalue weighted by molar-refractivity contribution is -0.115. The van der Waals surface area contributed by atoms with E-state index in [1.165, 1.54) is 0 Å². The molecule has 0 unspecified atom stereocenters. The molecule has 23 heavy (non-hydrogen) atoms. The van der Waals surface area contributed by atoms with E-state index in [0.717, 1.165) is 36.2 Å². The largest absolute Gasteiger partial charge is 0.326 e. The lowest BCUT2D eigenvalue weighted by Gasteiger charge is -2.28. The van der Waals surface area contributed by atoms with Gasteiger partial charge < -0.3 is 15.5 Å². The van der Waals surface area contributed by atoms with E-state index in [1.54, 1.807) is 0 Å². The molecule has 1 aliphatic heterocycles. The fraction of sp³-hybridized carbons (Fsp3) is 0.556. The molecule has 1 aliphatic rings. The molecule has 0 radical (unpaired) electrons. The molecule has 126 valence electrons. The minimum absolute atomic E-state index is 0.0124. The van der Waals surface area contributed by atoms with Gasteiger partial charge in [-0.25, -0.2) is 4.79 Å². The molecule has 0 bridgehead atoms. The van der Waals surface area contributed by atoms with Gasteiger partial charge in [0.25, 0.3) is 0 Å². The number of nitrogens with one attached hydrogen (secondary N) is 2. The van der Waals surface area contributed by atoms with Crippen molar-refractivity contribution in [3.05, 3.63) is 23.8 Å². The lowest BCUT2D eigenvalue weighted by atomic mass is 10.1. The van der Waals surface area contributed by atoms with Crippen molar-refractivity contribution in [3.8, 4) is 0 Å². The monoisotopic (exact) mass is 317 g/mol. The van der Waals surface area contributed by atoms with E-state index in [-0.39, 0.29) is 18.0 Å². The number of amides is 3. The average molecular weight is 317 g/mol. The van der Waals surface area contributed by atoms with E-state index in [9.17, 15) is 9.59 Å². The summed E-state index contributed by atoms with van der Waals surface area (Å²) in [6, 6.07) is 6.14. The molecular weight excluding hydrogens is 290 g/mol. The van der Waals surface area contributed by atoms with E-state index >= 15 is 0 Å². The van der Waals surface area contributed by atoms with Crippen molar-refractivity contribution < 1.29 is 9.59 Å². The van der Waals surface area contributed by atoms with Gasteiger partial charge in [0.15, 0.2) is 0 Å². The van der Waals surface area contributed by atoms with E-state index < -0.39 is 0 Å². The standard InChI is InChI=1S/C18H27N3O2/c1-5-15-9-7-13(4)21(15)18(23)19-14-8-10-16(12(3)11-14)20-17(22)6-2/h8,10-11,13,15H,5-7,9H2,1-4H3,(H,19,23)(H,20,22)/t13-,15-/m0/s1. The van der Waals surface area contributed by atoms with Gasteiger partial charge in [-0.2, -0.15) is 0 Å². The topological polar surface area (TPSA) is 61.4 Å². The molecule has 0 saturated carbocycles. The number of rotatable bonds is 4. The summed E-state index contributed by atoms with van der Waals surface area (Å²) in [5.74, 6) is -0.0124. The van der Waals surface area contributed by atoms with Crippen LogP contribution in [-0.4, -0.2) is 28.9 Å². The summed E-state index contributed by atoms with van der Waals surface area (Å²) in [5, 5.41) is 5.84. The van der Waals surface area contributed by atoms with Gasteiger partial charge in [0.1, 0.15) is 0 Å². The molecule has 5 nitrogen and oxygen atoms in total. The van der Waals surface area contributed by atoms with Crippen LogP contribution in [-0.2, 0) is 4.79 Å². The molecule has 0 spiro atoms. The fourth-order valence-corrected chi connectivity index (χ4v) is 3.15. The van der Waals surface area contributed by atoms with E-state index in [2.05, 4.69) is 24.5 Å². The number of urea groups is 1. The van der Waals surface area contributed by atoms with Gasteiger partial charge in [-0.3, -0.25) is 4.79 Å². The molecular formula is C18H27N3O2. The highest BCUT2D eigenvalue weighted by Crippen LogP contribution is 2.27. The normalized spacial score (nSPS) is 20.4. The van der Waals surface area contributed by atoms with Crippen LogP contribution in [0.15, 0.2) is 18.2 Å². The Labute approximate surface area is 138 Å². The second-order valence-corrected chi connectivity index (χ2v) is 6.26. The van der Waals surface area contributed by atoms with Crippen LogP contribution in [0.1, 0.15) is 52.0 Å². The molecule has 1 heterocycles. The first kappa shape index (κ1) is 17.3. The molecule has 1 saturated heterocycles. The third-order valence-electron chi connectivity index (χ3n) is 4.56. The number of carbonyl (C=O) groups excluding carboxylic acids is 2. The quantitative estimate of drug-likeness (QED) is 0.876. The predicted octanol–water partition coefficient (Wildman–Crippen LogP) is 4.14. The van der Waals surface area contributed by atoms with Crippen LogP contribution >= 0.6 is 0 Å². The van der Waals surface area contributed by atoms with Crippen LogP contribution in [0.2, 0.25) is 0 Å². The van der Waals surface area contributed by atoms with Gasteiger partial charge in [0.2, 0.25) is 5.91 Å². The second-order valence-electron chi connectivity index (χ2n) is 6.26. The minimum atomic E-state index is -0.0356. The molecule has 1 fully saturated rings. The first-order valence-electron chi connectivity index (χ1n) is 8.46. The van der Waals surface area contributed by atoms with Crippen molar-refractivity contribution in [2.75, 3.05) is 10.6 Å². The highest BCUT2D eigenvalue weighted by Gasteiger charge is 2.33. The molecule has 1 aromatic carbocycles. The van der Waals surface area contributed by atoms with Crippen molar-refractivity contribution in [2.45, 2.75) is 65.5 Å². The molecule has 1 aromatic rings. The Morgan fingerprint density at radius 2 is 1.96 bits per heavy atom. The molecule has 0 aliphatic carbocycles. The number of hydrogen-bond acceptors (Lipinski definition) is 2. The smallest absolute Gasteiger partial charge is 0.322 e. The Morgan fingerprint density at radius 1 is 1.22 bits per heavy atom. The van der Waals surface area contributed by atoms with Crippen LogP contribution in [0.3, 0.4) is 0 Å². The number of hydrogen-bond donors (Lipinski definition) is 2. The van der Waals surface area contributed by atoms with Crippen molar-refractivity contribution in [2.24, 2.45) is 0 Å². The zero-order chi connectivity index (χ0) is 17.0. The van der Waals surface area contributed by atoms with E-state index in [1.807, 2.05) is 36.9 Å². The second kappa shape index (κ2) is 7.49. The van der Waals surface area contributed by atoms with Crippen LogP contribution in [0, 0.1) is 6.92 Å². The molecule has 3 amide bonds. The highest BCUT2D eigenvalue weighted by atomic mass is 16.2. The Balaban J connectivity index is 2.06. The number of anilines is 2. The fourth-order valence-electron chi connectivity index (χ4n) is 3.15. The summed E-state index contributed by atoms with van der Waals surface area (Å²) in [7, 11) is 0.